The third-order valence-electron chi connectivity index (χ3n) is 6.98. The minimum atomic E-state index is -0.0888. The van der Waals surface area contributed by atoms with E-state index in [-0.39, 0.29) is 29.1 Å². The summed E-state index contributed by atoms with van der Waals surface area (Å²) >= 11 is 0. The maximum Gasteiger partial charge on any atom is 0.119 e. The Kier molecular flexibility index (Phi) is 6.39. The van der Waals surface area contributed by atoms with E-state index >= 15 is 0 Å². The Hall–Kier alpha value is -4.24. The quantitative estimate of drug-likeness (QED) is 0.265. The zero-order valence-electron chi connectivity index (χ0n) is 20.5. The van der Waals surface area contributed by atoms with Crippen LogP contribution in [-0.2, 0) is 0 Å². The first kappa shape index (κ1) is 23.5. The number of phenols is 3. The van der Waals surface area contributed by atoms with Crippen LogP contribution >= 0.6 is 0 Å². The van der Waals surface area contributed by atoms with Gasteiger partial charge in [0.25, 0.3) is 0 Å². The molecule has 0 heterocycles. The van der Waals surface area contributed by atoms with Gasteiger partial charge in [0, 0.05) is 17.4 Å². The highest BCUT2D eigenvalue weighted by Crippen LogP contribution is 2.43. The summed E-state index contributed by atoms with van der Waals surface area (Å²) in [7, 11) is 0. The van der Waals surface area contributed by atoms with E-state index in [1.807, 2.05) is 30.3 Å². The lowest BCUT2D eigenvalue weighted by Crippen LogP contribution is -2.10. The molecule has 0 radical (unpaired) electrons. The molecular formula is C33H30O3. The summed E-state index contributed by atoms with van der Waals surface area (Å²) in [6.07, 6.45) is 6.55. The van der Waals surface area contributed by atoms with Crippen molar-refractivity contribution in [2.45, 2.75) is 25.7 Å². The molecule has 0 amide bonds. The van der Waals surface area contributed by atoms with Crippen LogP contribution in [0.15, 0.2) is 109 Å². The molecule has 1 aliphatic rings. The summed E-state index contributed by atoms with van der Waals surface area (Å²) in [5.41, 5.74) is 7.37. The monoisotopic (exact) mass is 474 g/mol. The molecule has 0 saturated heterocycles. The number of hydrogen-bond acceptors (Lipinski definition) is 3. The van der Waals surface area contributed by atoms with Gasteiger partial charge in [0.15, 0.2) is 0 Å². The molecule has 0 aromatic heterocycles. The van der Waals surface area contributed by atoms with E-state index < -0.39 is 0 Å². The van der Waals surface area contributed by atoms with Gasteiger partial charge < -0.3 is 15.3 Å². The Balaban J connectivity index is 1.60. The van der Waals surface area contributed by atoms with Crippen molar-refractivity contribution in [3.05, 3.63) is 131 Å². The normalized spacial score (nSPS) is 15.8. The zero-order valence-corrected chi connectivity index (χ0v) is 20.5. The molecule has 2 unspecified atom stereocenters. The smallest absolute Gasteiger partial charge is 0.119 e. The first-order chi connectivity index (χ1) is 17.4. The van der Waals surface area contributed by atoms with E-state index in [9.17, 15) is 15.3 Å². The summed E-state index contributed by atoms with van der Waals surface area (Å²) < 4.78 is 0. The molecule has 0 spiro atoms. The Morgan fingerprint density at radius 1 is 0.611 bits per heavy atom. The SMILES string of the molecule is CC(C)c1ccc(C(c2cc(-c3ccc(O)cc3)ccc2O)C2C=CC(c3ccc(O)cc3)=C2)cc1. The van der Waals surface area contributed by atoms with Crippen molar-refractivity contribution in [2.24, 2.45) is 5.92 Å². The molecule has 3 heteroatoms. The molecule has 0 bridgehead atoms. The second-order valence-corrected chi connectivity index (χ2v) is 9.72. The molecule has 36 heavy (non-hydrogen) atoms. The van der Waals surface area contributed by atoms with Crippen LogP contribution < -0.4 is 0 Å². The third-order valence-corrected chi connectivity index (χ3v) is 6.98. The zero-order chi connectivity index (χ0) is 25.2. The maximum absolute atomic E-state index is 11.1. The predicted molar refractivity (Wildman–Crippen MR) is 146 cm³/mol. The van der Waals surface area contributed by atoms with Crippen molar-refractivity contribution >= 4 is 5.57 Å². The molecular weight excluding hydrogens is 444 g/mol. The number of aromatic hydroxyl groups is 3. The predicted octanol–water partition coefficient (Wildman–Crippen LogP) is 8.00. The van der Waals surface area contributed by atoms with Gasteiger partial charge in [0.05, 0.1) is 0 Å². The standard InChI is InChI=1S/C33H30O3/c1-21(2)22-3-5-25(6-4-22)33(28-8-7-26(19-28)23-9-14-29(34)15-10-23)31-20-27(13-18-32(31)36)24-11-16-30(35)17-12-24/h3-21,28,33-36H,1-2H3. The average molecular weight is 475 g/mol. The van der Waals surface area contributed by atoms with Crippen LogP contribution in [0.5, 0.6) is 17.2 Å². The van der Waals surface area contributed by atoms with Gasteiger partial charge >= 0.3 is 0 Å². The van der Waals surface area contributed by atoms with E-state index in [1.165, 1.54) is 5.56 Å². The number of allylic oxidation sites excluding steroid dienone is 4. The molecule has 0 fully saturated rings. The van der Waals surface area contributed by atoms with E-state index in [0.29, 0.717) is 5.92 Å². The lowest BCUT2D eigenvalue weighted by Gasteiger charge is -2.25. The fourth-order valence-electron chi connectivity index (χ4n) is 4.92. The molecule has 5 rings (SSSR count). The van der Waals surface area contributed by atoms with Crippen molar-refractivity contribution < 1.29 is 15.3 Å². The van der Waals surface area contributed by atoms with Crippen LogP contribution in [0.4, 0.5) is 0 Å². The molecule has 4 aromatic carbocycles. The summed E-state index contributed by atoms with van der Waals surface area (Å²) in [6, 6.07) is 28.8. The molecule has 1 aliphatic carbocycles. The largest absolute Gasteiger partial charge is 0.508 e. The van der Waals surface area contributed by atoms with Gasteiger partial charge in [0.2, 0.25) is 0 Å². The molecule has 3 nitrogen and oxygen atoms in total. The Morgan fingerprint density at radius 2 is 1.17 bits per heavy atom. The second-order valence-electron chi connectivity index (χ2n) is 9.72. The summed E-state index contributed by atoms with van der Waals surface area (Å²) in [5.74, 6) is 1.13. The number of benzene rings is 4. The van der Waals surface area contributed by atoms with Crippen LogP contribution in [0.1, 0.15) is 47.9 Å². The van der Waals surface area contributed by atoms with Crippen LogP contribution in [0.2, 0.25) is 0 Å². The Morgan fingerprint density at radius 3 is 1.78 bits per heavy atom. The second kappa shape index (κ2) is 9.79. The summed E-state index contributed by atoms with van der Waals surface area (Å²) in [4.78, 5) is 0. The fraction of sp³-hybridized carbons (Fsp3) is 0.152. The van der Waals surface area contributed by atoms with E-state index in [0.717, 1.165) is 33.4 Å². The van der Waals surface area contributed by atoms with Gasteiger partial charge in [-0.3, -0.25) is 0 Å². The molecule has 0 aliphatic heterocycles. The highest BCUT2D eigenvalue weighted by atomic mass is 16.3. The number of rotatable bonds is 6. The minimum Gasteiger partial charge on any atom is -0.508 e. The van der Waals surface area contributed by atoms with Crippen LogP contribution in [0.3, 0.4) is 0 Å². The molecule has 4 aromatic rings. The Labute approximate surface area is 212 Å². The first-order valence-electron chi connectivity index (χ1n) is 12.3. The molecule has 3 N–H and O–H groups in total. The topological polar surface area (TPSA) is 60.7 Å². The average Bonchev–Trinajstić information content (AvgIpc) is 3.36. The van der Waals surface area contributed by atoms with Crippen molar-refractivity contribution in [3.63, 3.8) is 0 Å². The Bertz CT molecular complexity index is 1410. The highest BCUT2D eigenvalue weighted by molar-refractivity contribution is 5.78. The summed E-state index contributed by atoms with van der Waals surface area (Å²) in [6.45, 7) is 4.37. The number of phenolic OH excluding ortho intramolecular Hbond substituents is 3. The van der Waals surface area contributed by atoms with Crippen LogP contribution in [-0.4, -0.2) is 15.3 Å². The van der Waals surface area contributed by atoms with E-state index in [1.54, 1.807) is 30.3 Å². The lowest BCUT2D eigenvalue weighted by atomic mass is 9.79. The minimum absolute atomic E-state index is 0.0414. The van der Waals surface area contributed by atoms with Gasteiger partial charge in [-0.05, 0) is 75.7 Å². The lowest BCUT2D eigenvalue weighted by molar-refractivity contribution is 0.461. The third kappa shape index (κ3) is 4.78. The van der Waals surface area contributed by atoms with E-state index in [4.69, 9.17) is 0 Å². The van der Waals surface area contributed by atoms with Gasteiger partial charge in [-0.25, -0.2) is 0 Å². The highest BCUT2D eigenvalue weighted by Gasteiger charge is 2.27. The van der Waals surface area contributed by atoms with Gasteiger partial charge in [-0.1, -0.05) is 86.7 Å². The van der Waals surface area contributed by atoms with Crippen molar-refractivity contribution in [1.29, 1.82) is 0 Å². The van der Waals surface area contributed by atoms with Gasteiger partial charge in [-0.2, -0.15) is 0 Å². The van der Waals surface area contributed by atoms with E-state index in [2.05, 4.69) is 62.4 Å². The van der Waals surface area contributed by atoms with Crippen molar-refractivity contribution in [1.82, 2.24) is 0 Å². The van der Waals surface area contributed by atoms with Crippen molar-refractivity contribution in [3.8, 4) is 28.4 Å². The van der Waals surface area contributed by atoms with Gasteiger partial charge in [0.1, 0.15) is 17.2 Å². The van der Waals surface area contributed by atoms with Crippen LogP contribution in [0, 0.1) is 5.92 Å². The first-order valence-corrected chi connectivity index (χ1v) is 12.3. The van der Waals surface area contributed by atoms with Crippen LogP contribution in [0.25, 0.3) is 16.7 Å². The maximum atomic E-state index is 11.1. The number of hydrogen-bond donors (Lipinski definition) is 3. The fourth-order valence-corrected chi connectivity index (χ4v) is 4.92. The van der Waals surface area contributed by atoms with Gasteiger partial charge in [-0.15, -0.1) is 0 Å². The summed E-state index contributed by atoms with van der Waals surface area (Å²) in [5, 5.41) is 30.5. The molecule has 2 atom stereocenters. The van der Waals surface area contributed by atoms with Crippen molar-refractivity contribution in [2.75, 3.05) is 0 Å². The molecule has 180 valence electrons. The molecule has 0 saturated carbocycles.